The summed E-state index contributed by atoms with van der Waals surface area (Å²) in [6.07, 6.45) is 1.89. The van der Waals surface area contributed by atoms with Crippen LogP contribution in [0.4, 0.5) is 0 Å². The van der Waals surface area contributed by atoms with Gasteiger partial charge in [-0.15, -0.1) is 5.10 Å². The second kappa shape index (κ2) is 9.17. The van der Waals surface area contributed by atoms with Crippen LogP contribution >= 0.6 is 11.8 Å². The van der Waals surface area contributed by atoms with Gasteiger partial charge in [-0.05, 0) is 24.1 Å². The van der Waals surface area contributed by atoms with E-state index in [-0.39, 0.29) is 17.3 Å². The van der Waals surface area contributed by atoms with Crippen molar-refractivity contribution in [1.29, 1.82) is 0 Å². The molecule has 0 fully saturated rings. The average molecular weight is 350 g/mol. The first-order valence-corrected chi connectivity index (χ1v) is 8.80. The molecular formula is C16H22N4O3S. The molecule has 7 nitrogen and oxygen atoms in total. The minimum Gasteiger partial charge on any atom is -0.497 e. The number of carbonyl (C=O) groups is 1. The molecule has 0 unspecified atom stereocenters. The van der Waals surface area contributed by atoms with E-state index in [4.69, 9.17) is 4.74 Å². The quantitative estimate of drug-likeness (QED) is 0.673. The molecule has 0 saturated carbocycles. The molecule has 0 aliphatic rings. The lowest BCUT2D eigenvalue weighted by molar-refractivity contribution is -0.118. The van der Waals surface area contributed by atoms with Crippen LogP contribution in [0.1, 0.15) is 25.3 Å². The van der Waals surface area contributed by atoms with E-state index >= 15 is 0 Å². The van der Waals surface area contributed by atoms with Gasteiger partial charge < -0.3 is 10.1 Å². The average Bonchev–Trinajstić information content (AvgIpc) is 2.96. The van der Waals surface area contributed by atoms with E-state index in [2.05, 4.69) is 22.4 Å². The predicted octanol–water partition coefficient (Wildman–Crippen LogP) is 1.79. The molecule has 130 valence electrons. The molecule has 8 heteroatoms. The van der Waals surface area contributed by atoms with Gasteiger partial charge in [-0.3, -0.25) is 9.36 Å². The third kappa shape index (κ3) is 5.16. The highest BCUT2D eigenvalue weighted by Gasteiger charge is 2.11. The zero-order valence-corrected chi connectivity index (χ0v) is 14.7. The standard InChI is InChI=1S/C16H22N4O3S/c1-3-4-8-20-15(22)18-19-16(20)24-11-14(21)17-10-12-6-5-7-13(9-12)23-2/h5-7,9H,3-4,8,10-11H2,1-2H3,(H,17,21)(H,18,22). The van der Waals surface area contributed by atoms with Gasteiger partial charge in [0.05, 0.1) is 12.9 Å². The largest absolute Gasteiger partial charge is 0.497 e. The molecule has 0 bridgehead atoms. The zero-order valence-electron chi connectivity index (χ0n) is 13.9. The fraction of sp³-hybridized carbons (Fsp3) is 0.438. The molecule has 24 heavy (non-hydrogen) atoms. The summed E-state index contributed by atoms with van der Waals surface area (Å²) in [5.74, 6) is 0.855. The Kier molecular flexibility index (Phi) is 6.92. The molecule has 1 heterocycles. The van der Waals surface area contributed by atoms with Gasteiger partial charge in [0.2, 0.25) is 5.91 Å². The topological polar surface area (TPSA) is 89.0 Å². The normalized spacial score (nSPS) is 10.6. The number of thioether (sulfide) groups is 1. The Balaban J connectivity index is 1.84. The highest BCUT2D eigenvalue weighted by molar-refractivity contribution is 7.99. The minimum absolute atomic E-state index is 0.111. The summed E-state index contributed by atoms with van der Waals surface area (Å²) in [5, 5.41) is 9.80. The first-order valence-electron chi connectivity index (χ1n) is 7.81. The molecule has 1 aromatic carbocycles. The Morgan fingerprint density at radius 3 is 3.04 bits per heavy atom. The van der Waals surface area contributed by atoms with Crippen LogP contribution in [0.25, 0.3) is 0 Å². The highest BCUT2D eigenvalue weighted by atomic mass is 32.2. The molecule has 0 aliphatic carbocycles. The summed E-state index contributed by atoms with van der Waals surface area (Å²) >= 11 is 1.25. The van der Waals surface area contributed by atoms with Crippen LogP contribution in [0.15, 0.2) is 34.2 Å². The maximum Gasteiger partial charge on any atom is 0.343 e. The van der Waals surface area contributed by atoms with E-state index in [1.807, 2.05) is 24.3 Å². The van der Waals surface area contributed by atoms with Gasteiger partial charge in [0.25, 0.3) is 0 Å². The molecule has 2 N–H and O–H groups in total. The Morgan fingerprint density at radius 1 is 1.46 bits per heavy atom. The van der Waals surface area contributed by atoms with E-state index in [9.17, 15) is 9.59 Å². The maximum atomic E-state index is 12.0. The first kappa shape index (κ1) is 18.1. The predicted molar refractivity (Wildman–Crippen MR) is 93.3 cm³/mol. The molecule has 1 amide bonds. The third-order valence-electron chi connectivity index (χ3n) is 3.41. The number of aromatic amines is 1. The Labute approximate surface area is 144 Å². The van der Waals surface area contributed by atoms with Crippen LogP contribution in [0.5, 0.6) is 5.75 Å². The summed E-state index contributed by atoms with van der Waals surface area (Å²) in [7, 11) is 1.61. The molecule has 1 aromatic heterocycles. The van der Waals surface area contributed by atoms with E-state index in [1.165, 1.54) is 11.8 Å². The molecule has 0 spiro atoms. The van der Waals surface area contributed by atoms with Crippen molar-refractivity contribution >= 4 is 17.7 Å². The fourth-order valence-corrected chi connectivity index (χ4v) is 2.89. The summed E-state index contributed by atoms with van der Waals surface area (Å²) < 4.78 is 6.73. The number of nitrogens with zero attached hydrogens (tertiary/aromatic N) is 2. The fourth-order valence-electron chi connectivity index (χ4n) is 2.09. The van der Waals surface area contributed by atoms with Crippen LogP contribution in [0.3, 0.4) is 0 Å². The van der Waals surface area contributed by atoms with Crippen molar-refractivity contribution in [2.24, 2.45) is 0 Å². The van der Waals surface area contributed by atoms with E-state index in [0.717, 1.165) is 24.2 Å². The number of rotatable bonds is 9. The number of unbranched alkanes of at least 4 members (excludes halogenated alkanes) is 1. The Bertz CT molecular complexity index is 726. The number of methoxy groups -OCH3 is 1. The lowest BCUT2D eigenvalue weighted by Gasteiger charge is -2.07. The second-order valence-electron chi connectivity index (χ2n) is 5.23. The van der Waals surface area contributed by atoms with Crippen molar-refractivity contribution in [1.82, 2.24) is 20.1 Å². The summed E-state index contributed by atoms with van der Waals surface area (Å²) in [5.41, 5.74) is 0.732. The van der Waals surface area contributed by atoms with Gasteiger partial charge >= 0.3 is 5.69 Å². The first-order chi connectivity index (χ1) is 11.6. The summed E-state index contributed by atoms with van der Waals surface area (Å²) in [6.45, 7) is 3.10. The van der Waals surface area contributed by atoms with Crippen LogP contribution in [-0.2, 0) is 17.9 Å². The third-order valence-corrected chi connectivity index (χ3v) is 4.39. The second-order valence-corrected chi connectivity index (χ2v) is 6.18. The van der Waals surface area contributed by atoms with Crippen LogP contribution in [0, 0.1) is 0 Å². The number of hydrogen-bond donors (Lipinski definition) is 2. The number of benzene rings is 1. The summed E-state index contributed by atoms with van der Waals surface area (Å²) in [4.78, 5) is 23.7. The van der Waals surface area contributed by atoms with E-state index < -0.39 is 0 Å². The monoisotopic (exact) mass is 350 g/mol. The number of carbonyl (C=O) groups excluding carboxylic acids is 1. The van der Waals surface area contributed by atoms with Crippen molar-refractivity contribution in [2.75, 3.05) is 12.9 Å². The van der Waals surface area contributed by atoms with Crippen LogP contribution < -0.4 is 15.7 Å². The lowest BCUT2D eigenvalue weighted by atomic mass is 10.2. The van der Waals surface area contributed by atoms with Gasteiger partial charge in [0.15, 0.2) is 5.16 Å². The van der Waals surface area contributed by atoms with Crippen molar-refractivity contribution < 1.29 is 9.53 Å². The highest BCUT2D eigenvalue weighted by Crippen LogP contribution is 2.14. The smallest absolute Gasteiger partial charge is 0.343 e. The molecule has 2 rings (SSSR count). The van der Waals surface area contributed by atoms with Crippen molar-refractivity contribution in [3.05, 3.63) is 40.3 Å². The Hall–Kier alpha value is -2.22. The maximum absolute atomic E-state index is 12.0. The molecule has 0 atom stereocenters. The van der Waals surface area contributed by atoms with Crippen LogP contribution in [-0.4, -0.2) is 33.5 Å². The van der Waals surface area contributed by atoms with Gasteiger partial charge in [-0.2, -0.15) is 0 Å². The summed E-state index contributed by atoms with van der Waals surface area (Å²) in [6, 6.07) is 7.54. The number of ether oxygens (including phenoxy) is 1. The molecular weight excluding hydrogens is 328 g/mol. The molecule has 2 aromatic rings. The number of nitrogens with one attached hydrogen (secondary N) is 2. The minimum atomic E-state index is -0.234. The van der Waals surface area contributed by atoms with E-state index in [1.54, 1.807) is 11.7 Å². The van der Waals surface area contributed by atoms with Crippen molar-refractivity contribution in [3.63, 3.8) is 0 Å². The number of hydrogen-bond acceptors (Lipinski definition) is 5. The number of amides is 1. The molecule has 0 saturated heterocycles. The SMILES string of the molecule is CCCCn1c(SCC(=O)NCc2cccc(OC)c2)n[nH]c1=O. The zero-order chi connectivity index (χ0) is 17.4. The van der Waals surface area contributed by atoms with Crippen molar-refractivity contribution in [2.45, 2.75) is 38.0 Å². The van der Waals surface area contributed by atoms with E-state index in [0.29, 0.717) is 18.2 Å². The van der Waals surface area contributed by atoms with Crippen LogP contribution in [0.2, 0.25) is 0 Å². The lowest BCUT2D eigenvalue weighted by Crippen LogP contribution is -2.25. The van der Waals surface area contributed by atoms with Gasteiger partial charge in [-0.1, -0.05) is 37.2 Å². The van der Waals surface area contributed by atoms with Gasteiger partial charge in [-0.25, -0.2) is 9.89 Å². The van der Waals surface area contributed by atoms with Gasteiger partial charge in [0.1, 0.15) is 5.75 Å². The van der Waals surface area contributed by atoms with Gasteiger partial charge in [0, 0.05) is 13.1 Å². The molecule has 0 radical (unpaired) electrons. The number of aromatic nitrogens is 3. The Morgan fingerprint density at radius 2 is 2.29 bits per heavy atom. The number of H-pyrrole nitrogens is 1. The molecule has 0 aliphatic heterocycles. The van der Waals surface area contributed by atoms with Crippen molar-refractivity contribution in [3.8, 4) is 5.75 Å².